The van der Waals surface area contributed by atoms with Crippen molar-refractivity contribution in [1.82, 2.24) is 5.16 Å². The molecule has 0 atom stereocenters. The van der Waals surface area contributed by atoms with Gasteiger partial charge in [0.15, 0.2) is 9.84 Å². The smallest absolute Gasteiger partial charge is 0.230 e. The SMILES string of the molecule is CS(=O)(=O)Cc1noc(N)c1-c1ccc(Cl)cc1Cl. The first-order chi connectivity index (χ1) is 8.78. The summed E-state index contributed by atoms with van der Waals surface area (Å²) in [4.78, 5) is 0. The van der Waals surface area contributed by atoms with E-state index in [9.17, 15) is 8.42 Å². The molecular weight excluding hydrogens is 311 g/mol. The van der Waals surface area contributed by atoms with Crippen molar-refractivity contribution >= 4 is 38.9 Å². The van der Waals surface area contributed by atoms with Gasteiger partial charge in [0.25, 0.3) is 0 Å². The number of nitrogens with zero attached hydrogens (tertiary/aromatic N) is 1. The van der Waals surface area contributed by atoms with E-state index in [2.05, 4.69) is 5.16 Å². The summed E-state index contributed by atoms with van der Waals surface area (Å²) in [5, 5.41) is 4.48. The second-order valence-corrected chi connectivity index (χ2v) is 7.05. The Labute approximate surface area is 120 Å². The number of rotatable bonds is 3. The maximum atomic E-state index is 11.4. The zero-order valence-corrected chi connectivity index (χ0v) is 12.2. The van der Waals surface area contributed by atoms with Gasteiger partial charge < -0.3 is 10.3 Å². The van der Waals surface area contributed by atoms with Crippen molar-refractivity contribution in [2.24, 2.45) is 0 Å². The third kappa shape index (κ3) is 3.20. The molecule has 0 bridgehead atoms. The van der Waals surface area contributed by atoms with Gasteiger partial charge in [-0.15, -0.1) is 0 Å². The average molecular weight is 321 g/mol. The molecule has 1 heterocycles. The zero-order chi connectivity index (χ0) is 14.2. The first-order valence-electron chi connectivity index (χ1n) is 5.15. The molecule has 0 radical (unpaired) electrons. The topological polar surface area (TPSA) is 86.2 Å². The Balaban J connectivity index is 2.58. The van der Waals surface area contributed by atoms with E-state index < -0.39 is 9.84 Å². The molecule has 0 aliphatic heterocycles. The highest BCUT2D eigenvalue weighted by atomic mass is 35.5. The van der Waals surface area contributed by atoms with Crippen LogP contribution in [0.3, 0.4) is 0 Å². The molecule has 0 unspecified atom stereocenters. The van der Waals surface area contributed by atoms with Crippen molar-refractivity contribution in [1.29, 1.82) is 0 Å². The monoisotopic (exact) mass is 320 g/mol. The van der Waals surface area contributed by atoms with Crippen molar-refractivity contribution in [2.75, 3.05) is 12.0 Å². The molecule has 0 amide bonds. The number of nitrogens with two attached hydrogens (primary N) is 1. The molecule has 0 aliphatic rings. The average Bonchev–Trinajstić information content (AvgIpc) is 2.58. The van der Waals surface area contributed by atoms with Gasteiger partial charge in [-0.1, -0.05) is 34.4 Å². The van der Waals surface area contributed by atoms with Gasteiger partial charge in [0, 0.05) is 16.8 Å². The molecule has 2 N–H and O–H groups in total. The Morgan fingerprint density at radius 1 is 1.37 bits per heavy atom. The second-order valence-electron chi connectivity index (χ2n) is 4.06. The lowest BCUT2D eigenvalue weighted by Crippen LogP contribution is -2.02. The van der Waals surface area contributed by atoms with Crippen LogP contribution >= 0.6 is 23.2 Å². The lowest BCUT2D eigenvalue weighted by atomic mass is 10.1. The normalized spacial score (nSPS) is 11.7. The van der Waals surface area contributed by atoms with Crippen LogP contribution < -0.4 is 5.73 Å². The molecule has 1 aromatic carbocycles. The molecule has 19 heavy (non-hydrogen) atoms. The minimum atomic E-state index is -3.26. The van der Waals surface area contributed by atoms with E-state index in [-0.39, 0.29) is 17.3 Å². The lowest BCUT2D eigenvalue weighted by molar-refractivity contribution is 0.430. The molecule has 102 valence electrons. The third-order valence-corrected chi connectivity index (χ3v) is 3.73. The van der Waals surface area contributed by atoms with E-state index >= 15 is 0 Å². The number of aromatic nitrogens is 1. The number of benzene rings is 1. The van der Waals surface area contributed by atoms with E-state index in [0.717, 1.165) is 6.26 Å². The summed E-state index contributed by atoms with van der Waals surface area (Å²) in [6, 6.07) is 4.80. The molecule has 8 heteroatoms. The van der Waals surface area contributed by atoms with E-state index in [4.69, 9.17) is 33.5 Å². The fraction of sp³-hybridized carbons (Fsp3) is 0.182. The molecule has 0 aliphatic carbocycles. The molecule has 2 aromatic rings. The molecule has 2 rings (SSSR count). The van der Waals surface area contributed by atoms with E-state index in [0.29, 0.717) is 21.2 Å². The Bertz CT molecular complexity index is 726. The maximum Gasteiger partial charge on any atom is 0.230 e. The highest BCUT2D eigenvalue weighted by Crippen LogP contribution is 2.36. The number of sulfone groups is 1. The van der Waals surface area contributed by atoms with Crippen molar-refractivity contribution < 1.29 is 12.9 Å². The van der Waals surface area contributed by atoms with Gasteiger partial charge in [-0.2, -0.15) is 0 Å². The Morgan fingerprint density at radius 3 is 2.63 bits per heavy atom. The van der Waals surface area contributed by atoms with Gasteiger partial charge in [0.1, 0.15) is 5.69 Å². The molecule has 0 saturated heterocycles. The zero-order valence-electron chi connectivity index (χ0n) is 9.85. The van der Waals surface area contributed by atoms with Crippen molar-refractivity contribution in [3.8, 4) is 11.1 Å². The van der Waals surface area contributed by atoms with E-state index in [1.165, 1.54) is 6.07 Å². The molecule has 1 aromatic heterocycles. The van der Waals surface area contributed by atoms with Crippen molar-refractivity contribution in [2.45, 2.75) is 5.75 Å². The number of nitrogen functional groups attached to an aromatic ring is 1. The van der Waals surface area contributed by atoms with Crippen LogP contribution in [0.25, 0.3) is 11.1 Å². The second kappa shape index (κ2) is 5.03. The standard InChI is InChI=1S/C11H10Cl2N2O3S/c1-19(16,17)5-9-10(11(14)18-15-9)7-3-2-6(12)4-8(7)13/h2-4H,5,14H2,1H3. The Morgan fingerprint density at radius 2 is 2.05 bits per heavy atom. The predicted octanol–water partition coefficient (Wildman–Crippen LogP) is 2.78. The molecule has 0 saturated carbocycles. The van der Waals surface area contributed by atoms with Gasteiger partial charge in [-0.3, -0.25) is 0 Å². The number of anilines is 1. The summed E-state index contributed by atoms with van der Waals surface area (Å²) in [6.07, 6.45) is 1.10. The Hall–Kier alpha value is -1.24. The van der Waals surface area contributed by atoms with Gasteiger partial charge in [-0.25, -0.2) is 8.42 Å². The van der Waals surface area contributed by atoms with Crippen LogP contribution in [0.15, 0.2) is 22.7 Å². The van der Waals surface area contributed by atoms with Crippen LogP contribution in [-0.2, 0) is 15.6 Å². The van der Waals surface area contributed by atoms with Crippen LogP contribution in [0.4, 0.5) is 5.88 Å². The summed E-state index contributed by atoms with van der Waals surface area (Å²) in [5.41, 5.74) is 6.82. The maximum absolute atomic E-state index is 11.4. The highest BCUT2D eigenvalue weighted by Gasteiger charge is 2.21. The fourth-order valence-electron chi connectivity index (χ4n) is 1.67. The highest BCUT2D eigenvalue weighted by molar-refractivity contribution is 7.89. The minimum Gasteiger partial charge on any atom is -0.367 e. The predicted molar refractivity (Wildman–Crippen MR) is 74.9 cm³/mol. The van der Waals surface area contributed by atoms with Crippen LogP contribution in [0.2, 0.25) is 10.0 Å². The van der Waals surface area contributed by atoms with Crippen LogP contribution in [0.1, 0.15) is 5.69 Å². The third-order valence-electron chi connectivity index (χ3n) is 2.39. The van der Waals surface area contributed by atoms with Crippen LogP contribution in [0, 0.1) is 0 Å². The summed E-state index contributed by atoms with van der Waals surface area (Å²) >= 11 is 11.9. The van der Waals surface area contributed by atoms with Crippen molar-refractivity contribution in [3.63, 3.8) is 0 Å². The minimum absolute atomic E-state index is 0.0165. The number of halogens is 2. The summed E-state index contributed by atoms with van der Waals surface area (Å²) in [6.45, 7) is 0. The quantitative estimate of drug-likeness (QED) is 0.939. The van der Waals surface area contributed by atoms with E-state index in [1.54, 1.807) is 12.1 Å². The summed E-state index contributed by atoms with van der Waals surface area (Å²) in [5.74, 6) is -0.259. The summed E-state index contributed by atoms with van der Waals surface area (Å²) < 4.78 is 27.6. The van der Waals surface area contributed by atoms with Gasteiger partial charge in [-0.05, 0) is 12.1 Å². The van der Waals surface area contributed by atoms with Crippen molar-refractivity contribution in [3.05, 3.63) is 33.9 Å². The lowest BCUT2D eigenvalue weighted by Gasteiger charge is -2.05. The van der Waals surface area contributed by atoms with E-state index in [1.807, 2.05) is 0 Å². The number of hydrogen-bond acceptors (Lipinski definition) is 5. The van der Waals surface area contributed by atoms with Gasteiger partial charge in [0.05, 0.1) is 16.3 Å². The molecule has 0 fully saturated rings. The number of hydrogen-bond donors (Lipinski definition) is 1. The summed E-state index contributed by atoms with van der Waals surface area (Å²) in [7, 11) is -3.26. The fourth-order valence-corrected chi connectivity index (χ4v) is 2.86. The first kappa shape index (κ1) is 14.2. The van der Waals surface area contributed by atoms with Crippen LogP contribution in [-0.4, -0.2) is 19.8 Å². The Kier molecular flexibility index (Phi) is 3.75. The largest absolute Gasteiger partial charge is 0.367 e. The first-order valence-corrected chi connectivity index (χ1v) is 7.97. The molecule has 5 nitrogen and oxygen atoms in total. The van der Waals surface area contributed by atoms with Gasteiger partial charge >= 0.3 is 0 Å². The van der Waals surface area contributed by atoms with Gasteiger partial charge in [0.2, 0.25) is 5.88 Å². The molecule has 0 spiro atoms. The van der Waals surface area contributed by atoms with Crippen LogP contribution in [0.5, 0.6) is 0 Å². The molecular formula is C11H10Cl2N2O3S.